The number of rotatable bonds is 7. The molecule has 0 saturated heterocycles. The van der Waals surface area contributed by atoms with Crippen LogP contribution >= 0.6 is 0 Å². The van der Waals surface area contributed by atoms with E-state index in [0.717, 1.165) is 12.6 Å². The van der Waals surface area contributed by atoms with Gasteiger partial charge in [-0.05, 0) is 18.9 Å². The highest BCUT2D eigenvalue weighted by atomic mass is 19.1. The SMILES string of the molecule is CCCNC(=O)CN(CCC)C(=O)c1ccncc1F. The lowest BCUT2D eigenvalue weighted by Crippen LogP contribution is -2.41. The van der Waals surface area contributed by atoms with E-state index >= 15 is 0 Å². The molecule has 0 unspecified atom stereocenters. The minimum Gasteiger partial charge on any atom is -0.355 e. The number of hydrogen-bond donors (Lipinski definition) is 1. The zero-order chi connectivity index (χ0) is 15.0. The number of amides is 2. The predicted molar refractivity (Wildman–Crippen MR) is 73.7 cm³/mol. The minimum atomic E-state index is -0.674. The van der Waals surface area contributed by atoms with Gasteiger partial charge in [-0.3, -0.25) is 14.6 Å². The Morgan fingerprint density at radius 2 is 2.10 bits per heavy atom. The van der Waals surface area contributed by atoms with Crippen molar-refractivity contribution in [2.24, 2.45) is 0 Å². The second-order valence-corrected chi connectivity index (χ2v) is 4.43. The molecule has 0 aromatic carbocycles. The van der Waals surface area contributed by atoms with Gasteiger partial charge in [0.15, 0.2) is 5.82 Å². The number of carbonyl (C=O) groups is 2. The van der Waals surface area contributed by atoms with Crippen LogP contribution in [0.25, 0.3) is 0 Å². The van der Waals surface area contributed by atoms with Crippen LogP contribution in [0, 0.1) is 5.82 Å². The molecule has 0 aliphatic carbocycles. The molecule has 0 aliphatic heterocycles. The molecule has 0 atom stereocenters. The fourth-order valence-electron chi connectivity index (χ4n) is 1.73. The van der Waals surface area contributed by atoms with Crippen LogP contribution in [-0.2, 0) is 4.79 Å². The van der Waals surface area contributed by atoms with E-state index in [0.29, 0.717) is 19.5 Å². The van der Waals surface area contributed by atoms with Crippen LogP contribution in [0.2, 0.25) is 0 Å². The van der Waals surface area contributed by atoms with E-state index in [1.807, 2.05) is 13.8 Å². The third kappa shape index (κ3) is 4.60. The minimum absolute atomic E-state index is 0.0586. The summed E-state index contributed by atoms with van der Waals surface area (Å²) in [4.78, 5) is 28.9. The second-order valence-electron chi connectivity index (χ2n) is 4.43. The highest BCUT2D eigenvalue weighted by Crippen LogP contribution is 2.09. The maximum Gasteiger partial charge on any atom is 0.257 e. The number of nitrogens with one attached hydrogen (secondary N) is 1. The number of carbonyl (C=O) groups excluding carboxylic acids is 2. The van der Waals surface area contributed by atoms with Gasteiger partial charge in [0, 0.05) is 19.3 Å². The van der Waals surface area contributed by atoms with Gasteiger partial charge in [-0.2, -0.15) is 0 Å². The van der Waals surface area contributed by atoms with Crippen LogP contribution in [0.3, 0.4) is 0 Å². The van der Waals surface area contributed by atoms with Crippen molar-refractivity contribution in [1.29, 1.82) is 0 Å². The normalized spacial score (nSPS) is 10.2. The van der Waals surface area contributed by atoms with Gasteiger partial charge < -0.3 is 10.2 Å². The molecule has 2 amide bonds. The molecular weight excluding hydrogens is 261 g/mol. The van der Waals surface area contributed by atoms with Gasteiger partial charge in [-0.1, -0.05) is 13.8 Å². The highest BCUT2D eigenvalue weighted by Gasteiger charge is 2.20. The Morgan fingerprint density at radius 1 is 1.35 bits per heavy atom. The van der Waals surface area contributed by atoms with Crippen molar-refractivity contribution >= 4 is 11.8 Å². The van der Waals surface area contributed by atoms with Crippen molar-refractivity contribution in [3.05, 3.63) is 29.8 Å². The van der Waals surface area contributed by atoms with Crippen LogP contribution in [0.5, 0.6) is 0 Å². The fraction of sp³-hybridized carbons (Fsp3) is 0.500. The lowest BCUT2D eigenvalue weighted by molar-refractivity contribution is -0.121. The molecule has 110 valence electrons. The van der Waals surface area contributed by atoms with Crippen molar-refractivity contribution < 1.29 is 14.0 Å². The quantitative estimate of drug-likeness (QED) is 0.825. The second kappa shape index (κ2) is 8.24. The summed E-state index contributed by atoms with van der Waals surface area (Å²) in [6, 6.07) is 1.32. The molecule has 1 aromatic heterocycles. The number of halogens is 1. The number of nitrogens with zero attached hydrogens (tertiary/aromatic N) is 2. The van der Waals surface area contributed by atoms with Crippen LogP contribution in [0.1, 0.15) is 37.0 Å². The van der Waals surface area contributed by atoms with Crippen molar-refractivity contribution in [2.75, 3.05) is 19.6 Å². The molecule has 1 heterocycles. The first-order valence-corrected chi connectivity index (χ1v) is 6.75. The smallest absolute Gasteiger partial charge is 0.257 e. The monoisotopic (exact) mass is 281 g/mol. The summed E-state index contributed by atoms with van der Waals surface area (Å²) >= 11 is 0. The van der Waals surface area contributed by atoms with E-state index in [9.17, 15) is 14.0 Å². The van der Waals surface area contributed by atoms with E-state index in [-0.39, 0.29) is 18.0 Å². The third-order valence-electron chi connectivity index (χ3n) is 2.69. The number of pyridine rings is 1. The Morgan fingerprint density at radius 3 is 2.70 bits per heavy atom. The Kier molecular flexibility index (Phi) is 6.63. The molecule has 0 radical (unpaired) electrons. The molecule has 1 rings (SSSR count). The van der Waals surface area contributed by atoms with E-state index in [2.05, 4.69) is 10.3 Å². The van der Waals surface area contributed by atoms with E-state index < -0.39 is 11.7 Å². The summed E-state index contributed by atoms with van der Waals surface area (Å²) in [6.07, 6.45) is 3.87. The molecule has 0 bridgehead atoms. The van der Waals surface area contributed by atoms with Crippen molar-refractivity contribution in [1.82, 2.24) is 15.2 Å². The zero-order valence-electron chi connectivity index (χ0n) is 11.9. The molecule has 1 aromatic rings. The summed E-state index contributed by atoms with van der Waals surface area (Å²) in [5.74, 6) is -1.39. The Hall–Kier alpha value is -1.98. The molecule has 20 heavy (non-hydrogen) atoms. The van der Waals surface area contributed by atoms with E-state index in [1.165, 1.54) is 17.2 Å². The van der Waals surface area contributed by atoms with Gasteiger partial charge in [-0.15, -0.1) is 0 Å². The molecule has 0 fully saturated rings. The number of hydrogen-bond acceptors (Lipinski definition) is 3. The van der Waals surface area contributed by atoms with Crippen LogP contribution in [0.4, 0.5) is 4.39 Å². The van der Waals surface area contributed by atoms with E-state index in [1.54, 1.807) is 0 Å². The number of aromatic nitrogens is 1. The molecule has 5 nitrogen and oxygen atoms in total. The van der Waals surface area contributed by atoms with Crippen LogP contribution < -0.4 is 5.32 Å². The molecule has 0 spiro atoms. The van der Waals surface area contributed by atoms with Crippen molar-refractivity contribution in [3.63, 3.8) is 0 Å². The van der Waals surface area contributed by atoms with Gasteiger partial charge >= 0.3 is 0 Å². The first-order valence-electron chi connectivity index (χ1n) is 6.75. The van der Waals surface area contributed by atoms with Crippen LogP contribution in [0.15, 0.2) is 18.5 Å². The summed E-state index contributed by atoms with van der Waals surface area (Å²) in [5, 5.41) is 2.70. The Labute approximate surface area is 118 Å². The maximum absolute atomic E-state index is 13.6. The van der Waals surface area contributed by atoms with Gasteiger partial charge in [0.2, 0.25) is 5.91 Å². The fourth-order valence-corrected chi connectivity index (χ4v) is 1.73. The summed E-state index contributed by atoms with van der Waals surface area (Å²) in [6.45, 7) is 4.75. The summed E-state index contributed by atoms with van der Waals surface area (Å²) in [5.41, 5.74) is -0.0586. The predicted octanol–water partition coefficient (Wildman–Crippen LogP) is 1.60. The van der Waals surface area contributed by atoms with Gasteiger partial charge in [-0.25, -0.2) is 4.39 Å². The molecule has 0 aliphatic rings. The lowest BCUT2D eigenvalue weighted by Gasteiger charge is -2.21. The molecular formula is C14H20FN3O2. The first kappa shape index (κ1) is 16.1. The Bertz CT molecular complexity index is 465. The highest BCUT2D eigenvalue weighted by molar-refractivity contribution is 5.96. The zero-order valence-corrected chi connectivity index (χ0v) is 11.9. The lowest BCUT2D eigenvalue weighted by atomic mass is 10.2. The summed E-state index contributed by atoms with van der Waals surface area (Å²) in [7, 11) is 0. The van der Waals surface area contributed by atoms with Crippen LogP contribution in [-0.4, -0.2) is 41.3 Å². The van der Waals surface area contributed by atoms with E-state index in [4.69, 9.17) is 0 Å². The van der Waals surface area contributed by atoms with Gasteiger partial charge in [0.25, 0.3) is 5.91 Å². The van der Waals surface area contributed by atoms with Crippen molar-refractivity contribution in [2.45, 2.75) is 26.7 Å². The largest absolute Gasteiger partial charge is 0.355 e. The van der Waals surface area contributed by atoms with Gasteiger partial charge in [0.05, 0.1) is 18.3 Å². The maximum atomic E-state index is 13.6. The topological polar surface area (TPSA) is 62.3 Å². The average Bonchev–Trinajstić information content (AvgIpc) is 2.44. The Balaban J connectivity index is 2.77. The van der Waals surface area contributed by atoms with Gasteiger partial charge in [0.1, 0.15) is 0 Å². The standard InChI is InChI=1S/C14H20FN3O2/c1-3-6-17-13(19)10-18(8-4-2)14(20)11-5-7-16-9-12(11)15/h5,7,9H,3-4,6,8,10H2,1-2H3,(H,17,19). The summed E-state index contributed by atoms with van der Waals surface area (Å²) < 4.78 is 13.6. The molecule has 1 N–H and O–H groups in total. The first-order chi connectivity index (χ1) is 9.60. The third-order valence-corrected chi connectivity index (χ3v) is 2.69. The molecule has 0 saturated carbocycles. The average molecular weight is 281 g/mol. The van der Waals surface area contributed by atoms with Crippen molar-refractivity contribution in [3.8, 4) is 0 Å². The molecule has 6 heteroatoms.